The summed E-state index contributed by atoms with van der Waals surface area (Å²) in [7, 11) is 0. The number of fused-ring (bicyclic) bond motifs is 1. The molecule has 0 spiro atoms. The summed E-state index contributed by atoms with van der Waals surface area (Å²) in [4.78, 5) is 16.7. The molecule has 4 N–H and O–H groups in total. The highest BCUT2D eigenvalue weighted by molar-refractivity contribution is 6.04. The third kappa shape index (κ3) is 3.27. The second-order valence-electron chi connectivity index (χ2n) is 7.42. The van der Waals surface area contributed by atoms with Crippen molar-refractivity contribution in [2.24, 2.45) is 5.73 Å². The van der Waals surface area contributed by atoms with Gasteiger partial charge < -0.3 is 11.5 Å². The Morgan fingerprint density at radius 1 is 1.11 bits per heavy atom. The van der Waals surface area contributed by atoms with Gasteiger partial charge in [-0.3, -0.25) is 9.78 Å². The second kappa shape index (κ2) is 7.02. The number of rotatable bonds is 3. The number of amides is 1. The van der Waals surface area contributed by atoms with Crippen LogP contribution < -0.4 is 11.5 Å². The molecule has 0 saturated heterocycles. The molecule has 0 bridgehead atoms. The Hall–Kier alpha value is -2.89. The van der Waals surface area contributed by atoms with Crippen LogP contribution in [0.3, 0.4) is 0 Å². The predicted octanol–water partition coefficient (Wildman–Crippen LogP) is 3.98. The highest BCUT2D eigenvalue weighted by atomic mass is 16.1. The molecule has 2 aromatic heterocycles. The smallest absolute Gasteiger partial charge is 0.254 e. The third-order valence-electron chi connectivity index (χ3n) is 5.47. The molecule has 2 heterocycles. The lowest BCUT2D eigenvalue weighted by Gasteiger charge is -2.16. The molecule has 0 atom stereocenters. The van der Waals surface area contributed by atoms with Gasteiger partial charge in [-0.1, -0.05) is 37.8 Å². The van der Waals surface area contributed by atoms with E-state index < -0.39 is 5.91 Å². The first-order valence-electron chi connectivity index (χ1n) is 9.60. The minimum atomic E-state index is -0.537. The summed E-state index contributed by atoms with van der Waals surface area (Å²) in [5.74, 6) is -0.156. The lowest BCUT2D eigenvalue weighted by atomic mass is 10.0. The summed E-state index contributed by atoms with van der Waals surface area (Å²) in [6.07, 6.45) is 6.86. The summed E-state index contributed by atoms with van der Waals surface area (Å²) in [5, 5.41) is 5.76. The number of pyridine rings is 1. The van der Waals surface area contributed by atoms with E-state index in [9.17, 15) is 4.79 Å². The van der Waals surface area contributed by atoms with Gasteiger partial charge in [0.25, 0.3) is 5.91 Å². The molecule has 6 nitrogen and oxygen atoms in total. The fraction of sp³-hybridized carbons (Fsp3) is 0.381. The molecule has 1 amide bonds. The molecular formula is C21H25N5O. The molecule has 0 radical (unpaired) electrons. The van der Waals surface area contributed by atoms with Gasteiger partial charge in [0.05, 0.1) is 11.6 Å². The first kappa shape index (κ1) is 17.5. The number of benzene rings is 1. The van der Waals surface area contributed by atoms with Crippen LogP contribution in [-0.2, 0) is 0 Å². The minimum Gasteiger partial charge on any atom is -0.383 e. The highest BCUT2D eigenvalue weighted by Crippen LogP contribution is 2.34. The Morgan fingerprint density at radius 3 is 2.56 bits per heavy atom. The van der Waals surface area contributed by atoms with E-state index in [4.69, 9.17) is 16.6 Å². The van der Waals surface area contributed by atoms with E-state index in [0.717, 1.165) is 47.8 Å². The van der Waals surface area contributed by atoms with Gasteiger partial charge in [-0.25, -0.2) is 4.68 Å². The maximum Gasteiger partial charge on any atom is 0.254 e. The lowest BCUT2D eigenvalue weighted by Crippen LogP contribution is -2.16. The number of carbonyl (C=O) groups excluding carboxylic acids is 1. The van der Waals surface area contributed by atoms with Gasteiger partial charge >= 0.3 is 0 Å². The van der Waals surface area contributed by atoms with Gasteiger partial charge in [-0.15, -0.1) is 0 Å². The Bertz CT molecular complexity index is 999. The first-order valence-corrected chi connectivity index (χ1v) is 9.60. The molecular weight excluding hydrogens is 338 g/mol. The van der Waals surface area contributed by atoms with Crippen LogP contribution in [0.4, 0.5) is 5.82 Å². The summed E-state index contributed by atoms with van der Waals surface area (Å²) in [5.41, 5.74) is 15.6. The Labute approximate surface area is 158 Å². The van der Waals surface area contributed by atoms with E-state index in [-0.39, 0.29) is 6.04 Å². The van der Waals surface area contributed by atoms with Crippen LogP contribution in [0.5, 0.6) is 0 Å². The van der Waals surface area contributed by atoms with Crippen molar-refractivity contribution in [3.63, 3.8) is 0 Å². The van der Waals surface area contributed by atoms with E-state index in [1.807, 2.05) is 41.9 Å². The van der Waals surface area contributed by atoms with Gasteiger partial charge in [0.15, 0.2) is 0 Å². The van der Waals surface area contributed by atoms with E-state index in [2.05, 4.69) is 4.98 Å². The normalized spacial score (nSPS) is 15.7. The number of nitrogens with zero attached hydrogens (tertiary/aromatic N) is 3. The van der Waals surface area contributed by atoms with Crippen molar-refractivity contribution in [3.8, 4) is 11.3 Å². The Kier molecular flexibility index (Phi) is 4.56. The van der Waals surface area contributed by atoms with Crippen LogP contribution in [0.25, 0.3) is 22.2 Å². The topological polar surface area (TPSA) is 99.8 Å². The van der Waals surface area contributed by atoms with Crippen molar-refractivity contribution >= 4 is 22.6 Å². The molecule has 1 aliphatic rings. The van der Waals surface area contributed by atoms with Crippen LogP contribution in [-0.4, -0.2) is 20.7 Å². The molecule has 4 rings (SSSR count). The lowest BCUT2D eigenvalue weighted by molar-refractivity contribution is 0.100. The number of anilines is 1. The standard InChI is InChI=1S/C21H25N5O/c1-13-8-9-14-12-15(10-11-17(14)24-13)19-18(21(23)27)20(22)26(25-19)16-6-4-2-3-5-7-16/h8-12,16H,2-7,22H2,1H3,(H2,23,27). The zero-order valence-corrected chi connectivity index (χ0v) is 15.6. The van der Waals surface area contributed by atoms with Crippen LogP contribution in [0.15, 0.2) is 30.3 Å². The van der Waals surface area contributed by atoms with Gasteiger partial charge in [0.2, 0.25) is 0 Å². The van der Waals surface area contributed by atoms with Crippen molar-refractivity contribution < 1.29 is 4.79 Å². The number of nitrogens with two attached hydrogens (primary N) is 2. The van der Waals surface area contributed by atoms with Gasteiger partial charge in [-0.2, -0.15) is 5.10 Å². The molecule has 140 valence electrons. The molecule has 6 heteroatoms. The largest absolute Gasteiger partial charge is 0.383 e. The predicted molar refractivity (Wildman–Crippen MR) is 107 cm³/mol. The quantitative estimate of drug-likeness (QED) is 0.687. The summed E-state index contributed by atoms with van der Waals surface area (Å²) in [6, 6.07) is 10.1. The molecule has 0 unspecified atom stereocenters. The second-order valence-corrected chi connectivity index (χ2v) is 7.42. The fourth-order valence-corrected chi connectivity index (χ4v) is 4.05. The summed E-state index contributed by atoms with van der Waals surface area (Å²) < 4.78 is 1.83. The minimum absolute atomic E-state index is 0.226. The van der Waals surface area contributed by atoms with Crippen LogP contribution in [0, 0.1) is 6.92 Å². The Morgan fingerprint density at radius 2 is 1.85 bits per heavy atom. The number of hydrogen-bond donors (Lipinski definition) is 2. The molecule has 1 aromatic carbocycles. The highest BCUT2D eigenvalue weighted by Gasteiger charge is 2.26. The third-order valence-corrected chi connectivity index (χ3v) is 5.47. The molecule has 27 heavy (non-hydrogen) atoms. The van der Waals surface area contributed by atoms with E-state index >= 15 is 0 Å². The van der Waals surface area contributed by atoms with Crippen molar-refractivity contribution in [3.05, 3.63) is 41.6 Å². The van der Waals surface area contributed by atoms with Gasteiger partial charge in [0, 0.05) is 16.6 Å². The average molecular weight is 363 g/mol. The number of nitrogen functional groups attached to an aromatic ring is 1. The number of aromatic nitrogens is 3. The SMILES string of the molecule is Cc1ccc2cc(-c3nn(C4CCCCCC4)c(N)c3C(N)=O)ccc2n1. The first-order chi connectivity index (χ1) is 13.0. The van der Waals surface area contributed by atoms with E-state index in [0.29, 0.717) is 17.1 Å². The fourth-order valence-electron chi connectivity index (χ4n) is 4.05. The maximum atomic E-state index is 12.2. The molecule has 1 aliphatic carbocycles. The van der Waals surface area contributed by atoms with E-state index in [1.54, 1.807) is 0 Å². The number of hydrogen-bond acceptors (Lipinski definition) is 4. The summed E-state index contributed by atoms with van der Waals surface area (Å²) in [6.45, 7) is 1.97. The molecule has 1 saturated carbocycles. The van der Waals surface area contributed by atoms with Crippen LogP contribution in [0.1, 0.15) is 60.6 Å². The number of carbonyl (C=O) groups is 1. The molecule has 1 fully saturated rings. The van der Waals surface area contributed by atoms with Crippen LogP contribution in [0.2, 0.25) is 0 Å². The average Bonchev–Trinajstić information content (AvgIpc) is 2.82. The van der Waals surface area contributed by atoms with Gasteiger partial charge in [-0.05, 0) is 38.0 Å². The van der Waals surface area contributed by atoms with Crippen LogP contribution >= 0.6 is 0 Å². The van der Waals surface area contributed by atoms with E-state index in [1.165, 1.54) is 12.8 Å². The zero-order valence-electron chi connectivity index (χ0n) is 15.6. The summed E-state index contributed by atoms with van der Waals surface area (Å²) >= 11 is 0. The monoisotopic (exact) mass is 363 g/mol. The van der Waals surface area contributed by atoms with Gasteiger partial charge in [0.1, 0.15) is 17.1 Å². The van der Waals surface area contributed by atoms with Crippen molar-refractivity contribution in [1.29, 1.82) is 0 Å². The maximum absolute atomic E-state index is 12.2. The number of primary amides is 1. The Balaban J connectivity index is 1.83. The van der Waals surface area contributed by atoms with Crippen molar-refractivity contribution in [2.75, 3.05) is 5.73 Å². The van der Waals surface area contributed by atoms with Crippen molar-refractivity contribution in [2.45, 2.75) is 51.5 Å². The molecule has 0 aliphatic heterocycles. The van der Waals surface area contributed by atoms with Crippen molar-refractivity contribution in [1.82, 2.24) is 14.8 Å². The molecule has 3 aromatic rings. The zero-order chi connectivity index (χ0) is 19.0. The number of aryl methyl sites for hydroxylation is 1.